The van der Waals surface area contributed by atoms with Crippen molar-refractivity contribution in [2.45, 2.75) is 6.42 Å². The maximum absolute atomic E-state index is 11.7. The van der Waals surface area contributed by atoms with Gasteiger partial charge in [-0.15, -0.1) is 0 Å². The molecule has 0 radical (unpaired) electrons. The summed E-state index contributed by atoms with van der Waals surface area (Å²) in [5.74, 6) is -0.225. The average molecular weight is 242 g/mol. The van der Waals surface area contributed by atoms with Crippen LogP contribution in [0, 0.1) is 0 Å². The quantitative estimate of drug-likeness (QED) is 0.850. The monoisotopic (exact) mass is 242 g/mol. The van der Waals surface area contributed by atoms with E-state index in [1.54, 1.807) is 6.07 Å². The maximum Gasteiger partial charge on any atom is 0.251 e. The van der Waals surface area contributed by atoms with Crippen molar-refractivity contribution in [3.05, 3.63) is 70.1 Å². The van der Waals surface area contributed by atoms with E-state index in [9.17, 15) is 9.59 Å². The molecule has 4 heteroatoms. The molecule has 1 amide bonds. The number of pyridine rings is 1. The summed E-state index contributed by atoms with van der Waals surface area (Å²) in [5.41, 5.74) is 1.28. The molecule has 0 aliphatic rings. The lowest BCUT2D eigenvalue weighted by Gasteiger charge is -2.04. The Labute approximate surface area is 105 Å². The van der Waals surface area contributed by atoms with Crippen molar-refractivity contribution in [2.24, 2.45) is 0 Å². The topological polar surface area (TPSA) is 62.0 Å². The second-order valence-electron chi connectivity index (χ2n) is 3.93. The normalized spacial score (nSPS) is 10.0. The van der Waals surface area contributed by atoms with Crippen LogP contribution in [0.1, 0.15) is 15.9 Å². The van der Waals surface area contributed by atoms with E-state index in [2.05, 4.69) is 10.3 Å². The fraction of sp³-hybridized carbons (Fsp3) is 0.143. The zero-order chi connectivity index (χ0) is 12.8. The molecule has 1 aromatic heterocycles. The van der Waals surface area contributed by atoms with Gasteiger partial charge in [-0.2, -0.15) is 0 Å². The molecular formula is C14H14N2O2. The van der Waals surface area contributed by atoms with Crippen molar-refractivity contribution in [1.29, 1.82) is 0 Å². The Hall–Kier alpha value is -2.36. The minimum Gasteiger partial charge on any atom is -0.352 e. The van der Waals surface area contributed by atoms with Crippen molar-refractivity contribution >= 4 is 5.91 Å². The van der Waals surface area contributed by atoms with Gasteiger partial charge in [-0.3, -0.25) is 9.59 Å². The molecule has 2 rings (SSSR count). The lowest BCUT2D eigenvalue weighted by molar-refractivity contribution is 0.0954. The first-order valence-electron chi connectivity index (χ1n) is 5.76. The Kier molecular flexibility index (Phi) is 3.91. The summed E-state index contributed by atoms with van der Waals surface area (Å²) in [6, 6.07) is 12.8. The lowest BCUT2D eigenvalue weighted by Crippen LogP contribution is -2.26. The smallest absolute Gasteiger partial charge is 0.251 e. The third-order valence-corrected chi connectivity index (χ3v) is 2.58. The van der Waals surface area contributed by atoms with Crippen LogP contribution in [-0.2, 0) is 6.42 Å². The number of nitrogens with one attached hydrogen (secondary N) is 2. The molecule has 0 saturated carbocycles. The van der Waals surface area contributed by atoms with E-state index in [0.29, 0.717) is 12.1 Å². The summed E-state index contributed by atoms with van der Waals surface area (Å²) < 4.78 is 0. The van der Waals surface area contributed by atoms with Crippen molar-refractivity contribution in [1.82, 2.24) is 10.3 Å². The summed E-state index contributed by atoms with van der Waals surface area (Å²) in [6.07, 6.45) is 2.24. The summed E-state index contributed by atoms with van der Waals surface area (Å²) in [7, 11) is 0. The molecule has 0 aliphatic heterocycles. The van der Waals surface area contributed by atoms with E-state index in [0.717, 1.165) is 6.42 Å². The zero-order valence-electron chi connectivity index (χ0n) is 9.85. The van der Waals surface area contributed by atoms with Gasteiger partial charge >= 0.3 is 0 Å². The molecule has 0 saturated heterocycles. The van der Waals surface area contributed by atoms with Gasteiger partial charge < -0.3 is 10.3 Å². The third-order valence-electron chi connectivity index (χ3n) is 2.58. The highest BCUT2D eigenvalue weighted by molar-refractivity contribution is 5.93. The van der Waals surface area contributed by atoms with Crippen LogP contribution in [0.2, 0.25) is 0 Å². The first kappa shape index (κ1) is 12.1. The molecule has 4 nitrogen and oxygen atoms in total. The molecule has 1 heterocycles. The van der Waals surface area contributed by atoms with E-state index in [-0.39, 0.29) is 11.5 Å². The number of hydrogen-bond donors (Lipinski definition) is 2. The molecular weight excluding hydrogens is 228 g/mol. The lowest BCUT2D eigenvalue weighted by atomic mass is 10.1. The predicted molar refractivity (Wildman–Crippen MR) is 69.5 cm³/mol. The fourth-order valence-corrected chi connectivity index (χ4v) is 1.65. The first-order valence-corrected chi connectivity index (χ1v) is 5.76. The second-order valence-corrected chi connectivity index (χ2v) is 3.93. The van der Waals surface area contributed by atoms with E-state index in [1.807, 2.05) is 30.3 Å². The number of hydrogen-bond acceptors (Lipinski definition) is 2. The Morgan fingerprint density at radius 3 is 2.67 bits per heavy atom. The number of aromatic amines is 1. The van der Waals surface area contributed by atoms with Crippen LogP contribution in [0.5, 0.6) is 0 Å². The van der Waals surface area contributed by atoms with Crippen molar-refractivity contribution < 1.29 is 4.79 Å². The summed E-state index contributed by atoms with van der Waals surface area (Å²) in [5, 5.41) is 2.78. The maximum atomic E-state index is 11.7. The minimum absolute atomic E-state index is 0.225. The fourth-order valence-electron chi connectivity index (χ4n) is 1.65. The molecule has 0 aliphatic carbocycles. The van der Waals surface area contributed by atoms with Crippen LogP contribution in [0.25, 0.3) is 0 Å². The number of aromatic nitrogens is 1. The number of H-pyrrole nitrogens is 1. The number of benzene rings is 1. The molecule has 0 bridgehead atoms. The van der Waals surface area contributed by atoms with E-state index >= 15 is 0 Å². The number of rotatable bonds is 4. The van der Waals surface area contributed by atoms with Gasteiger partial charge in [-0.1, -0.05) is 30.3 Å². The van der Waals surface area contributed by atoms with Crippen molar-refractivity contribution in [3.63, 3.8) is 0 Å². The Morgan fingerprint density at radius 1 is 1.17 bits per heavy atom. The molecule has 2 aromatic rings. The Morgan fingerprint density at radius 2 is 1.94 bits per heavy atom. The predicted octanol–water partition coefficient (Wildman–Crippen LogP) is 1.35. The number of amides is 1. The molecule has 1 aromatic carbocycles. The Bertz CT molecular complexity index is 576. The molecule has 0 fully saturated rings. The summed E-state index contributed by atoms with van der Waals surface area (Å²) >= 11 is 0. The van der Waals surface area contributed by atoms with Gasteiger partial charge in [0, 0.05) is 24.4 Å². The van der Waals surface area contributed by atoms with Gasteiger partial charge in [0.2, 0.25) is 5.56 Å². The van der Waals surface area contributed by atoms with Crippen LogP contribution in [-0.4, -0.2) is 17.4 Å². The Balaban J connectivity index is 1.87. The molecule has 2 N–H and O–H groups in total. The van der Waals surface area contributed by atoms with Gasteiger partial charge in [0.25, 0.3) is 5.91 Å². The zero-order valence-corrected chi connectivity index (χ0v) is 9.85. The summed E-state index contributed by atoms with van der Waals surface area (Å²) in [4.78, 5) is 25.3. The summed E-state index contributed by atoms with van der Waals surface area (Å²) in [6.45, 7) is 0.551. The molecule has 0 spiro atoms. The average Bonchev–Trinajstić information content (AvgIpc) is 2.40. The SMILES string of the molecule is O=C(NCCc1ccccc1)c1cc[nH]c(=O)c1. The molecule has 18 heavy (non-hydrogen) atoms. The number of carbonyl (C=O) groups excluding carboxylic acids is 1. The van der Waals surface area contributed by atoms with Crippen LogP contribution in [0.3, 0.4) is 0 Å². The molecule has 92 valence electrons. The van der Waals surface area contributed by atoms with Gasteiger partial charge in [0.1, 0.15) is 0 Å². The highest BCUT2D eigenvalue weighted by Crippen LogP contribution is 1.99. The van der Waals surface area contributed by atoms with Gasteiger partial charge in [0.15, 0.2) is 0 Å². The van der Waals surface area contributed by atoms with Crippen molar-refractivity contribution in [3.8, 4) is 0 Å². The van der Waals surface area contributed by atoms with Gasteiger partial charge in [-0.05, 0) is 18.1 Å². The molecule has 0 atom stereocenters. The van der Waals surface area contributed by atoms with Crippen LogP contribution < -0.4 is 10.9 Å². The number of carbonyl (C=O) groups is 1. The standard InChI is InChI=1S/C14H14N2O2/c17-13-10-12(7-9-15-13)14(18)16-8-6-11-4-2-1-3-5-11/h1-5,7,9-10H,6,8H2,(H,15,17)(H,16,18). The minimum atomic E-state index is -0.272. The largest absolute Gasteiger partial charge is 0.352 e. The van der Waals surface area contributed by atoms with Crippen LogP contribution >= 0.6 is 0 Å². The van der Waals surface area contributed by atoms with Crippen LogP contribution in [0.15, 0.2) is 53.5 Å². The van der Waals surface area contributed by atoms with Crippen LogP contribution in [0.4, 0.5) is 0 Å². The second kappa shape index (κ2) is 5.82. The van der Waals surface area contributed by atoms with E-state index < -0.39 is 0 Å². The van der Waals surface area contributed by atoms with Gasteiger partial charge in [-0.25, -0.2) is 0 Å². The highest BCUT2D eigenvalue weighted by atomic mass is 16.2. The molecule has 0 unspecified atom stereocenters. The highest BCUT2D eigenvalue weighted by Gasteiger charge is 2.04. The van der Waals surface area contributed by atoms with Crippen molar-refractivity contribution in [2.75, 3.05) is 6.54 Å². The first-order chi connectivity index (χ1) is 8.75. The van der Waals surface area contributed by atoms with E-state index in [1.165, 1.54) is 17.8 Å². The van der Waals surface area contributed by atoms with E-state index in [4.69, 9.17) is 0 Å². The van der Waals surface area contributed by atoms with Gasteiger partial charge in [0.05, 0.1) is 0 Å². The third kappa shape index (κ3) is 3.31.